The van der Waals surface area contributed by atoms with E-state index in [9.17, 15) is 0 Å². The SMILES string of the molecule is COc1ccc(/C=C/C2CC(C)CCN2)cc1. The van der Waals surface area contributed by atoms with E-state index in [-0.39, 0.29) is 0 Å². The van der Waals surface area contributed by atoms with Crippen LogP contribution in [0.4, 0.5) is 0 Å². The highest BCUT2D eigenvalue weighted by molar-refractivity contribution is 5.51. The molecule has 1 saturated heterocycles. The molecule has 2 unspecified atom stereocenters. The van der Waals surface area contributed by atoms with E-state index in [0.717, 1.165) is 18.2 Å². The van der Waals surface area contributed by atoms with E-state index in [1.54, 1.807) is 7.11 Å². The Hall–Kier alpha value is -1.28. The molecule has 0 amide bonds. The predicted octanol–water partition coefficient (Wildman–Crippen LogP) is 3.10. The second-order valence-electron chi connectivity index (χ2n) is 4.82. The lowest BCUT2D eigenvalue weighted by atomic mass is 9.94. The zero-order valence-electron chi connectivity index (χ0n) is 10.6. The van der Waals surface area contributed by atoms with Crippen LogP contribution in [-0.2, 0) is 0 Å². The molecule has 1 aromatic rings. The van der Waals surface area contributed by atoms with Crippen LogP contribution in [0.15, 0.2) is 30.3 Å². The predicted molar refractivity (Wildman–Crippen MR) is 72.2 cm³/mol. The zero-order valence-corrected chi connectivity index (χ0v) is 10.6. The number of nitrogens with one attached hydrogen (secondary N) is 1. The van der Waals surface area contributed by atoms with Gasteiger partial charge in [0.25, 0.3) is 0 Å². The van der Waals surface area contributed by atoms with Crippen LogP contribution in [0.1, 0.15) is 25.3 Å². The third-order valence-corrected chi connectivity index (χ3v) is 3.34. The van der Waals surface area contributed by atoms with Gasteiger partial charge in [0.15, 0.2) is 0 Å². The first-order valence-corrected chi connectivity index (χ1v) is 6.33. The second kappa shape index (κ2) is 5.87. The first-order valence-electron chi connectivity index (χ1n) is 6.33. The molecule has 0 aliphatic carbocycles. The molecule has 0 saturated carbocycles. The van der Waals surface area contributed by atoms with E-state index < -0.39 is 0 Å². The standard InChI is InChI=1S/C15H21NO/c1-12-9-10-16-14(11-12)6-3-13-4-7-15(17-2)8-5-13/h3-8,12,14,16H,9-11H2,1-2H3/b6-3+. The Morgan fingerprint density at radius 1 is 1.29 bits per heavy atom. The highest BCUT2D eigenvalue weighted by atomic mass is 16.5. The minimum absolute atomic E-state index is 0.529. The van der Waals surface area contributed by atoms with Gasteiger partial charge in [0.05, 0.1) is 7.11 Å². The minimum Gasteiger partial charge on any atom is -0.497 e. The summed E-state index contributed by atoms with van der Waals surface area (Å²) in [4.78, 5) is 0. The van der Waals surface area contributed by atoms with E-state index in [4.69, 9.17) is 4.74 Å². The van der Waals surface area contributed by atoms with Crippen molar-refractivity contribution in [1.82, 2.24) is 5.32 Å². The summed E-state index contributed by atoms with van der Waals surface area (Å²) in [6.45, 7) is 3.47. The van der Waals surface area contributed by atoms with Crippen LogP contribution in [0.2, 0.25) is 0 Å². The van der Waals surface area contributed by atoms with Crippen molar-refractivity contribution < 1.29 is 4.74 Å². The van der Waals surface area contributed by atoms with Gasteiger partial charge in [-0.15, -0.1) is 0 Å². The molecule has 1 N–H and O–H groups in total. The maximum atomic E-state index is 5.14. The Morgan fingerprint density at radius 3 is 2.71 bits per heavy atom. The van der Waals surface area contributed by atoms with Crippen molar-refractivity contribution in [2.75, 3.05) is 13.7 Å². The number of hydrogen-bond donors (Lipinski definition) is 1. The lowest BCUT2D eigenvalue weighted by molar-refractivity contribution is 0.357. The summed E-state index contributed by atoms with van der Waals surface area (Å²) in [5.41, 5.74) is 1.23. The molecule has 2 nitrogen and oxygen atoms in total. The van der Waals surface area contributed by atoms with E-state index in [2.05, 4.69) is 36.5 Å². The molecule has 1 heterocycles. The highest BCUT2D eigenvalue weighted by Gasteiger charge is 2.15. The summed E-state index contributed by atoms with van der Waals surface area (Å²) in [7, 11) is 1.69. The summed E-state index contributed by atoms with van der Waals surface area (Å²) >= 11 is 0. The van der Waals surface area contributed by atoms with Crippen molar-refractivity contribution in [3.8, 4) is 5.75 Å². The van der Waals surface area contributed by atoms with Crippen LogP contribution in [0, 0.1) is 5.92 Å². The van der Waals surface area contributed by atoms with E-state index >= 15 is 0 Å². The van der Waals surface area contributed by atoms with Gasteiger partial charge in [-0.3, -0.25) is 0 Å². The van der Waals surface area contributed by atoms with Gasteiger partial charge < -0.3 is 10.1 Å². The van der Waals surface area contributed by atoms with Crippen molar-refractivity contribution in [1.29, 1.82) is 0 Å². The molecule has 92 valence electrons. The maximum absolute atomic E-state index is 5.14. The highest BCUT2D eigenvalue weighted by Crippen LogP contribution is 2.17. The Bertz CT molecular complexity index is 369. The molecule has 1 aliphatic heterocycles. The number of ether oxygens (including phenoxy) is 1. The Morgan fingerprint density at radius 2 is 2.06 bits per heavy atom. The average molecular weight is 231 g/mol. The number of hydrogen-bond acceptors (Lipinski definition) is 2. The fourth-order valence-electron chi connectivity index (χ4n) is 2.24. The third kappa shape index (κ3) is 3.60. The summed E-state index contributed by atoms with van der Waals surface area (Å²) in [6.07, 6.45) is 7.01. The molecule has 2 heteroatoms. The van der Waals surface area contributed by atoms with Crippen LogP contribution in [0.5, 0.6) is 5.75 Å². The van der Waals surface area contributed by atoms with Gasteiger partial charge in [0.2, 0.25) is 0 Å². The van der Waals surface area contributed by atoms with E-state index in [1.165, 1.54) is 18.4 Å². The largest absolute Gasteiger partial charge is 0.497 e. The van der Waals surface area contributed by atoms with Crippen LogP contribution in [-0.4, -0.2) is 19.7 Å². The van der Waals surface area contributed by atoms with Crippen LogP contribution >= 0.6 is 0 Å². The number of benzene rings is 1. The molecular formula is C15H21NO. The van der Waals surface area contributed by atoms with E-state index in [0.29, 0.717) is 6.04 Å². The summed E-state index contributed by atoms with van der Waals surface area (Å²) in [5, 5.41) is 3.53. The fraction of sp³-hybridized carbons (Fsp3) is 0.467. The molecule has 0 bridgehead atoms. The molecule has 2 atom stereocenters. The molecule has 0 radical (unpaired) electrons. The van der Waals surface area contributed by atoms with Crippen molar-refractivity contribution in [3.63, 3.8) is 0 Å². The van der Waals surface area contributed by atoms with Crippen molar-refractivity contribution in [2.24, 2.45) is 5.92 Å². The molecule has 2 rings (SSSR count). The molecule has 17 heavy (non-hydrogen) atoms. The monoisotopic (exact) mass is 231 g/mol. The van der Waals surface area contributed by atoms with Gasteiger partial charge >= 0.3 is 0 Å². The molecule has 0 spiro atoms. The van der Waals surface area contributed by atoms with Gasteiger partial charge in [-0.1, -0.05) is 31.2 Å². The minimum atomic E-state index is 0.529. The fourth-order valence-corrected chi connectivity index (χ4v) is 2.24. The van der Waals surface area contributed by atoms with Crippen molar-refractivity contribution >= 4 is 6.08 Å². The maximum Gasteiger partial charge on any atom is 0.118 e. The van der Waals surface area contributed by atoms with Gasteiger partial charge in [-0.25, -0.2) is 0 Å². The van der Waals surface area contributed by atoms with Crippen LogP contribution < -0.4 is 10.1 Å². The number of methoxy groups -OCH3 is 1. The van der Waals surface area contributed by atoms with Gasteiger partial charge in [0, 0.05) is 6.04 Å². The molecule has 0 aromatic heterocycles. The Labute approximate surface area is 104 Å². The van der Waals surface area contributed by atoms with Crippen LogP contribution in [0.3, 0.4) is 0 Å². The smallest absolute Gasteiger partial charge is 0.118 e. The molecule has 1 aromatic carbocycles. The van der Waals surface area contributed by atoms with Crippen LogP contribution in [0.25, 0.3) is 6.08 Å². The Kier molecular flexibility index (Phi) is 4.21. The quantitative estimate of drug-likeness (QED) is 0.863. The lowest BCUT2D eigenvalue weighted by Gasteiger charge is -2.25. The first-order chi connectivity index (χ1) is 8.28. The summed E-state index contributed by atoms with van der Waals surface area (Å²) < 4.78 is 5.14. The van der Waals surface area contributed by atoms with Gasteiger partial charge in [0.1, 0.15) is 5.75 Å². The Balaban J connectivity index is 1.94. The zero-order chi connectivity index (χ0) is 12.1. The first kappa shape index (κ1) is 12.2. The average Bonchev–Trinajstić information content (AvgIpc) is 2.37. The van der Waals surface area contributed by atoms with Crippen molar-refractivity contribution in [2.45, 2.75) is 25.8 Å². The van der Waals surface area contributed by atoms with E-state index in [1.807, 2.05) is 12.1 Å². The molecule has 1 aliphatic rings. The topological polar surface area (TPSA) is 21.3 Å². The normalized spacial score (nSPS) is 25.1. The summed E-state index contributed by atoms with van der Waals surface area (Å²) in [6, 6.07) is 8.69. The molecule has 1 fully saturated rings. The third-order valence-electron chi connectivity index (χ3n) is 3.34. The number of piperidine rings is 1. The van der Waals surface area contributed by atoms with Gasteiger partial charge in [-0.05, 0) is 43.0 Å². The second-order valence-corrected chi connectivity index (χ2v) is 4.82. The molecular weight excluding hydrogens is 210 g/mol. The summed E-state index contributed by atoms with van der Waals surface area (Å²) in [5.74, 6) is 1.74. The lowest BCUT2D eigenvalue weighted by Crippen LogP contribution is -2.35. The number of rotatable bonds is 3. The van der Waals surface area contributed by atoms with Crippen molar-refractivity contribution in [3.05, 3.63) is 35.9 Å². The van der Waals surface area contributed by atoms with Gasteiger partial charge in [-0.2, -0.15) is 0 Å².